The van der Waals surface area contributed by atoms with Crippen LogP contribution >= 0.6 is 0 Å². The molecule has 0 radical (unpaired) electrons. The summed E-state index contributed by atoms with van der Waals surface area (Å²) >= 11 is 0. The predicted molar refractivity (Wildman–Crippen MR) is 72.6 cm³/mol. The molecule has 1 N–H and O–H groups in total. The molecule has 1 aliphatic rings. The van der Waals surface area contributed by atoms with Gasteiger partial charge in [0, 0.05) is 12.2 Å². The fourth-order valence-corrected chi connectivity index (χ4v) is 2.23. The van der Waals surface area contributed by atoms with Crippen LogP contribution in [-0.4, -0.2) is 33.8 Å². The van der Waals surface area contributed by atoms with Crippen LogP contribution in [0.2, 0.25) is 0 Å². The number of hydrogen-bond donors (Lipinski definition) is 1. The highest BCUT2D eigenvalue weighted by Crippen LogP contribution is 2.22. The van der Waals surface area contributed by atoms with E-state index in [4.69, 9.17) is 0 Å². The van der Waals surface area contributed by atoms with Gasteiger partial charge in [0.1, 0.15) is 6.04 Å². The molecule has 2 rings (SSSR count). The first kappa shape index (κ1) is 13.5. The molecule has 0 aliphatic carbocycles. The van der Waals surface area contributed by atoms with Gasteiger partial charge in [-0.25, -0.2) is 0 Å². The summed E-state index contributed by atoms with van der Waals surface area (Å²) in [6.07, 6.45) is 2.70. The van der Waals surface area contributed by atoms with E-state index in [1.165, 1.54) is 4.90 Å². The molecule has 2 heterocycles. The minimum Gasteiger partial charge on any atom is -0.372 e. The number of nitrogens with zero attached hydrogens (tertiary/aromatic N) is 2. The van der Waals surface area contributed by atoms with Gasteiger partial charge in [-0.1, -0.05) is 6.92 Å². The minimum atomic E-state index is -0.468. The van der Waals surface area contributed by atoms with Crippen LogP contribution in [0.15, 0.2) is 18.3 Å². The van der Waals surface area contributed by atoms with E-state index in [0.29, 0.717) is 0 Å². The highest BCUT2D eigenvalue weighted by atomic mass is 16.2. The highest BCUT2D eigenvalue weighted by Gasteiger charge is 2.40. The van der Waals surface area contributed by atoms with E-state index in [9.17, 15) is 9.59 Å². The van der Waals surface area contributed by atoms with Crippen LogP contribution in [0.3, 0.4) is 0 Å². The number of anilines is 1. The van der Waals surface area contributed by atoms with Crippen molar-refractivity contribution in [1.29, 1.82) is 0 Å². The van der Waals surface area contributed by atoms with Crippen molar-refractivity contribution in [2.45, 2.75) is 45.7 Å². The Kier molecular flexibility index (Phi) is 3.83. The minimum absolute atomic E-state index is 0.0400. The summed E-state index contributed by atoms with van der Waals surface area (Å²) in [4.78, 5) is 29.7. The number of aryl methyl sites for hydroxylation is 1. The van der Waals surface area contributed by atoms with Gasteiger partial charge in [0.2, 0.25) is 5.91 Å². The lowest BCUT2D eigenvalue weighted by atomic mass is 10.2. The molecule has 19 heavy (non-hydrogen) atoms. The lowest BCUT2D eigenvalue weighted by Gasteiger charge is -2.22. The van der Waals surface area contributed by atoms with Crippen LogP contribution in [-0.2, 0) is 9.59 Å². The molecule has 2 unspecified atom stereocenters. The molecule has 1 aromatic rings. The average molecular weight is 261 g/mol. The van der Waals surface area contributed by atoms with Crippen LogP contribution < -0.4 is 5.32 Å². The van der Waals surface area contributed by atoms with Crippen molar-refractivity contribution in [2.75, 3.05) is 5.32 Å². The maximum absolute atomic E-state index is 12.3. The largest absolute Gasteiger partial charge is 0.372 e. The summed E-state index contributed by atoms with van der Waals surface area (Å²) in [6, 6.07) is 3.17. The summed E-state index contributed by atoms with van der Waals surface area (Å²) in [5.74, 6) is -0.235. The molecule has 5 nitrogen and oxygen atoms in total. The molecular weight excluding hydrogens is 242 g/mol. The van der Waals surface area contributed by atoms with E-state index in [0.717, 1.165) is 17.8 Å². The summed E-state index contributed by atoms with van der Waals surface area (Å²) in [5.41, 5.74) is 1.63. The number of carbonyl (C=O) groups is 2. The molecule has 1 saturated heterocycles. The number of nitrogens with one attached hydrogen (secondary N) is 1. The number of likely N-dealkylation sites (tertiary alicyclic amines) is 1. The number of pyridine rings is 1. The van der Waals surface area contributed by atoms with E-state index in [1.807, 2.05) is 32.9 Å². The molecule has 2 atom stereocenters. The van der Waals surface area contributed by atoms with Crippen LogP contribution in [0.1, 0.15) is 32.4 Å². The molecule has 2 amide bonds. The highest BCUT2D eigenvalue weighted by molar-refractivity contribution is 6.07. The number of imide groups is 1. The standard InChI is InChI=1S/C14H19N3O2/c1-4-9(2)17-13(18)8-12(14(17)19)16-11-6-5-7-15-10(11)3/h5-7,9,12,16H,4,8H2,1-3H3. The SMILES string of the molecule is CCC(C)N1C(=O)CC(Nc2cccnc2C)C1=O. The van der Waals surface area contributed by atoms with Crippen molar-refractivity contribution >= 4 is 17.5 Å². The van der Waals surface area contributed by atoms with Gasteiger partial charge in [0.05, 0.1) is 17.8 Å². The number of rotatable bonds is 4. The normalized spacial score (nSPS) is 20.8. The van der Waals surface area contributed by atoms with Crippen molar-refractivity contribution in [3.05, 3.63) is 24.0 Å². The number of aromatic nitrogens is 1. The second kappa shape index (κ2) is 5.38. The summed E-state index contributed by atoms with van der Waals surface area (Å²) < 4.78 is 0. The van der Waals surface area contributed by atoms with Crippen molar-refractivity contribution in [2.24, 2.45) is 0 Å². The molecule has 5 heteroatoms. The third-order valence-electron chi connectivity index (χ3n) is 3.55. The van der Waals surface area contributed by atoms with Crippen LogP contribution in [0.5, 0.6) is 0 Å². The zero-order valence-electron chi connectivity index (χ0n) is 11.5. The zero-order valence-corrected chi connectivity index (χ0v) is 11.5. The monoisotopic (exact) mass is 261 g/mol. The Balaban J connectivity index is 2.14. The van der Waals surface area contributed by atoms with Gasteiger partial charge >= 0.3 is 0 Å². The van der Waals surface area contributed by atoms with Gasteiger partial charge in [0.15, 0.2) is 0 Å². The van der Waals surface area contributed by atoms with Gasteiger partial charge in [0.25, 0.3) is 5.91 Å². The fourth-order valence-electron chi connectivity index (χ4n) is 2.23. The van der Waals surface area contributed by atoms with Crippen LogP contribution in [0, 0.1) is 6.92 Å². The fraction of sp³-hybridized carbons (Fsp3) is 0.500. The van der Waals surface area contributed by atoms with E-state index >= 15 is 0 Å². The number of hydrogen-bond acceptors (Lipinski definition) is 4. The maximum Gasteiger partial charge on any atom is 0.252 e. The third kappa shape index (κ3) is 2.59. The predicted octanol–water partition coefficient (Wildman–Crippen LogP) is 1.73. The van der Waals surface area contributed by atoms with Gasteiger partial charge < -0.3 is 5.32 Å². The third-order valence-corrected chi connectivity index (χ3v) is 3.55. The Morgan fingerprint density at radius 2 is 2.26 bits per heavy atom. The second-order valence-corrected chi connectivity index (χ2v) is 4.90. The summed E-state index contributed by atoms with van der Waals surface area (Å²) in [5, 5.41) is 3.12. The molecule has 0 spiro atoms. The summed E-state index contributed by atoms with van der Waals surface area (Å²) in [6.45, 7) is 5.74. The van der Waals surface area contributed by atoms with Crippen LogP contribution in [0.4, 0.5) is 5.69 Å². The molecular formula is C14H19N3O2. The van der Waals surface area contributed by atoms with E-state index in [1.54, 1.807) is 6.20 Å². The number of amides is 2. The first-order valence-corrected chi connectivity index (χ1v) is 6.58. The molecule has 102 valence electrons. The lowest BCUT2D eigenvalue weighted by Crippen LogP contribution is -2.40. The first-order valence-electron chi connectivity index (χ1n) is 6.58. The van der Waals surface area contributed by atoms with Gasteiger partial charge in [-0.15, -0.1) is 0 Å². The van der Waals surface area contributed by atoms with Crippen molar-refractivity contribution in [1.82, 2.24) is 9.88 Å². The topological polar surface area (TPSA) is 62.3 Å². The Morgan fingerprint density at radius 3 is 2.89 bits per heavy atom. The molecule has 0 aromatic carbocycles. The van der Waals surface area contributed by atoms with Gasteiger partial charge in [-0.3, -0.25) is 19.5 Å². The van der Waals surface area contributed by atoms with Gasteiger partial charge in [-0.2, -0.15) is 0 Å². The molecule has 1 aliphatic heterocycles. The average Bonchev–Trinajstić information content (AvgIpc) is 2.66. The van der Waals surface area contributed by atoms with E-state index in [-0.39, 0.29) is 24.3 Å². The first-order chi connectivity index (χ1) is 9.04. The van der Waals surface area contributed by atoms with Crippen molar-refractivity contribution in [3.63, 3.8) is 0 Å². The Bertz CT molecular complexity index is 501. The Labute approximate surface area is 113 Å². The smallest absolute Gasteiger partial charge is 0.252 e. The van der Waals surface area contributed by atoms with Crippen LogP contribution in [0.25, 0.3) is 0 Å². The van der Waals surface area contributed by atoms with E-state index < -0.39 is 6.04 Å². The second-order valence-electron chi connectivity index (χ2n) is 4.90. The quantitative estimate of drug-likeness (QED) is 0.838. The van der Waals surface area contributed by atoms with Crippen molar-refractivity contribution < 1.29 is 9.59 Å². The van der Waals surface area contributed by atoms with E-state index in [2.05, 4.69) is 10.3 Å². The zero-order chi connectivity index (χ0) is 14.0. The molecule has 1 fully saturated rings. The molecule has 0 bridgehead atoms. The lowest BCUT2D eigenvalue weighted by molar-refractivity contribution is -0.140. The maximum atomic E-state index is 12.3. The Morgan fingerprint density at radius 1 is 1.53 bits per heavy atom. The summed E-state index contributed by atoms with van der Waals surface area (Å²) in [7, 11) is 0. The molecule has 1 aromatic heterocycles. The molecule has 0 saturated carbocycles. The van der Waals surface area contributed by atoms with Crippen molar-refractivity contribution in [3.8, 4) is 0 Å². The number of carbonyl (C=O) groups excluding carboxylic acids is 2. The Hall–Kier alpha value is -1.91. The van der Waals surface area contributed by atoms with Gasteiger partial charge in [-0.05, 0) is 32.4 Å².